The van der Waals surface area contributed by atoms with Crippen LogP contribution in [-0.2, 0) is 42.2 Å². The molecular formula is C16H28N2O11P+. The standard InChI is InChI=1S/C16H27N2O11P/c1-11(19)25-8-7-18-15(22)26-10-28-30(23)27-9-16(2,3)13(29-30)14(21)17-6-5-12(20)24-4/h13,23H,5-10H2,1-4H3,(H-,17,18,21,22)/p+1/t13-,30?/m0/s1. The number of carbonyl (C=O) groups is 4. The van der Waals surface area contributed by atoms with Crippen molar-refractivity contribution in [2.45, 2.75) is 33.3 Å². The molecule has 1 rings (SSSR count). The topological polar surface area (TPSA) is 168 Å². The molecule has 0 aromatic carbocycles. The Morgan fingerprint density at radius 3 is 2.50 bits per heavy atom. The Kier molecular flexibility index (Phi) is 10.4. The molecule has 1 aliphatic heterocycles. The fourth-order valence-electron chi connectivity index (χ4n) is 2.13. The number of amides is 2. The highest BCUT2D eigenvalue weighted by Gasteiger charge is 2.59. The van der Waals surface area contributed by atoms with Crippen molar-refractivity contribution in [1.82, 2.24) is 10.6 Å². The fourth-order valence-corrected chi connectivity index (χ4v) is 3.65. The Hall–Kier alpha value is -2.05. The van der Waals surface area contributed by atoms with Gasteiger partial charge in [-0.3, -0.25) is 14.4 Å². The van der Waals surface area contributed by atoms with Crippen LogP contribution in [0, 0.1) is 5.41 Å². The van der Waals surface area contributed by atoms with Gasteiger partial charge in [0.25, 0.3) is 5.91 Å². The average Bonchev–Trinajstić information content (AvgIpc) is 2.67. The molecular weight excluding hydrogens is 427 g/mol. The van der Waals surface area contributed by atoms with E-state index in [1.807, 2.05) is 0 Å². The highest BCUT2D eigenvalue weighted by atomic mass is 31.2. The van der Waals surface area contributed by atoms with Crippen LogP contribution in [0.3, 0.4) is 0 Å². The lowest BCUT2D eigenvalue weighted by atomic mass is 9.87. The molecule has 2 atom stereocenters. The van der Waals surface area contributed by atoms with Crippen LogP contribution in [0.25, 0.3) is 0 Å². The van der Waals surface area contributed by atoms with E-state index in [0.29, 0.717) is 0 Å². The molecule has 3 N–H and O–H groups in total. The molecule has 0 bridgehead atoms. The summed E-state index contributed by atoms with van der Waals surface area (Å²) in [7, 11) is -2.70. The van der Waals surface area contributed by atoms with Crippen molar-refractivity contribution in [2.75, 3.05) is 40.2 Å². The van der Waals surface area contributed by atoms with Crippen LogP contribution >= 0.6 is 8.17 Å². The number of hydrogen-bond donors (Lipinski definition) is 3. The summed E-state index contributed by atoms with van der Waals surface area (Å²) in [6.45, 7) is 3.85. The third-order valence-corrected chi connectivity index (χ3v) is 5.09. The minimum Gasteiger partial charge on any atom is -0.469 e. The molecule has 172 valence electrons. The van der Waals surface area contributed by atoms with Gasteiger partial charge in [-0.2, -0.15) is 9.42 Å². The molecule has 2 amide bonds. The van der Waals surface area contributed by atoms with E-state index in [0.717, 1.165) is 0 Å². The maximum absolute atomic E-state index is 12.4. The van der Waals surface area contributed by atoms with Gasteiger partial charge in [-0.05, 0) is 0 Å². The van der Waals surface area contributed by atoms with Crippen molar-refractivity contribution >= 4 is 32.1 Å². The minimum atomic E-state index is -3.94. The molecule has 0 saturated carbocycles. The van der Waals surface area contributed by atoms with Crippen LogP contribution in [0.2, 0.25) is 0 Å². The molecule has 1 aliphatic rings. The molecule has 0 aliphatic carbocycles. The average molecular weight is 455 g/mol. The van der Waals surface area contributed by atoms with Gasteiger partial charge in [0.15, 0.2) is 6.10 Å². The van der Waals surface area contributed by atoms with E-state index in [1.54, 1.807) is 13.8 Å². The quantitative estimate of drug-likeness (QED) is 0.134. The Bertz CT molecular complexity index is 630. The van der Waals surface area contributed by atoms with Gasteiger partial charge in [-0.1, -0.05) is 13.8 Å². The lowest BCUT2D eigenvalue weighted by Gasteiger charge is -2.36. The Morgan fingerprint density at radius 1 is 1.17 bits per heavy atom. The van der Waals surface area contributed by atoms with Gasteiger partial charge in [0.1, 0.15) is 13.2 Å². The molecule has 1 heterocycles. The molecule has 14 heteroatoms. The van der Waals surface area contributed by atoms with E-state index < -0.39 is 50.4 Å². The molecule has 1 fully saturated rings. The molecule has 1 saturated heterocycles. The summed E-state index contributed by atoms with van der Waals surface area (Å²) in [5.41, 5.74) is -0.806. The first-order chi connectivity index (χ1) is 14.0. The largest absolute Gasteiger partial charge is 0.576 e. The van der Waals surface area contributed by atoms with Crippen LogP contribution in [0.4, 0.5) is 4.79 Å². The third-order valence-electron chi connectivity index (χ3n) is 3.72. The number of esters is 2. The Morgan fingerprint density at radius 2 is 1.87 bits per heavy atom. The smallest absolute Gasteiger partial charge is 0.469 e. The van der Waals surface area contributed by atoms with Gasteiger partial charge >= 0.3 is 26.2 Å². The number of rotatable bonds is 10. The second kappa shape index (κ2) is 12.0. The number of methoxy groups -OCH3 is 1. The van der Waals surface area contributed by atoms with Crippen molar-refractivity contribution in [3.8, 4) is 0 Å². The predicted octanol–water partition coefficient (Wildman–Crippen LogP) is 0.0406. The van der Waals surface area contributed by atoms with Crippen molar-refractivity contribution in [1.29, 1.82) is 0 Å². The second-order valence-electron chi connectivity index (χ2n) is 6.78. The van der Waals surface area contributed by atoms with Crippen molar-refractivity contribution in [3.63, 3.8) is 0 Å². The summed E-state index contributed by atoms with van der Waals surface area (Å²) in [5.74, 6) is -1.55. The SMILES string of the molecule is COC(=O)CCNC(=O)[C@@H]1O[P+](O)(OCOC(=O)NCCOC(C)=O)OCC1(C)C. The number of nitrogens with one attached hydrogen (secondary N) is 2. The van der Waals surface area contributed by atoms with E-state index in [-0.39, 0.29) is 32.7 Å². The van der Waals surface area contributed by atoms with E-state index in [9.17, 15) is 24.1 Å². The monoisotopic (exact) mass is 455 g/mol. The first kappa shape index (κ1) is 26.0. The molecule has 0 spiro atoms. The molecule has 30 heavy (non-hydrogen) atoms. The third kappa shape index (κ3) is 9.18. The normalized spacial score (nSPS) is 22.5. The van der Waals surface area contributed by atoms with Gasteiger partial charge in [0, 0.05) is 18.9 Å². The van der Waals surface area contributed by atoms with Crippen LogP contribution in [0.5, 0.6) is 0 Å². The number of carbonyl (C=O) groups excluding carboxylic acids is 4. The summed E-state index contributed by atoms with van der Waals surface area (Å²) in [5, 5.41) is 4.82. The highest BCUT2D eigenvalue weighted by Crippen LogP contribution is 2.63. The number of hydrogen-bond acceptors (Lipinski definition) is 11. The molecule has 0 radical (unpaired) electrons. The van der Waals surface area contributed by atoms with E-state index in [4.69, 9.17) is 18.3 Å². The molecule has 1 unspecified atom stereocenters. The molecule has 13 nitrogen and oxygen atoms in total. The van der Waals surface area contributed by atoms with Crippen LogP contribution in [0.15, 0.2) is 0 Å². The molecule has 0 aromatic heterocycles. The predicted molar refractivity (Wildman–Crippen MR) is 100 cm³/mol. The van der Waals surface area contributed by atoms with Gasteiger partial charge in [-0.25, -0.2) is 4.79 Å². The van der Waals surface area contributed by atoms with Crippen molar-refractivity contribution < 1.29 is 51.9 Å². The van der Waals surface area contributed by atoms with Crippen LogP contribution < -0.4 is 10.6 Å². The second-order valence-corrected chi connectivity index (χ2v) is 8.44. The zero-order valence-corrected chi connectivity index (χ0v) is 18.2. The van der Waals surface area contributed by atoms with Gasteiger partial charge < -0.3 is 24.8 Å². The first-order valence-electron chi connectivity index (χ1n) is 8.97. The summed E-state index contributed by atoms with van der Waals surface area (Å²) in [4.78, 5) is 56.1. The lowest BCUT2D eigenvalue weighted by Crippen LogP contribution is -2.50. The van der Waals surface area contributed by atoms with E-state index in [2.05, 4.69) is 20.1 Å². The summed E-state index contributed by atoms with van der Waals surface area (Å²) < 4.78 is 29.4. The summed E-state index contributed by atoms with van der Waals surface area (Å²) >= 11 is 0. The minimum absolute atomic E-state index is 0.0207. The van der Waals surface area contributed by atoms with E-state index in [1.165, 1.54) is 14.0 Å². The maximum atomic E-state index is 12.4. The zero-order valence-electron chi connectivity index (χ0n) is 17.3. The lowest BCUT2D eigenvalue weighted by molar-refractivity contribution is -0.146. The zero-order chi connectivity index (χ0) is 22.8. The van der Waals surface area contributed by atoms with Crippen LogP contribution in [0.1, 0.15) is 27.2 Å². The highest BCUT2D eigenvalue weighted by molar-refractivity contribution is 7.55. The number of ether oxygens (including phenoxy) is 3. The van der Waals surface area contributed by atoms with Gasteiger partial charge in [0.2, 0.25) is 6.79 Å². The van der Waals surface area contributed by atoms with Crippen molar-refractivity contribution in [3.05, 3.63) is 0 Å². The van der Waals surface area contributed by atoms with E-state index >= 15 is 0 Å². The maximum Gasteiger partial charge on any atom is 0.576 e. The number of alkyl carbamates (subject to hydrolysis) is 1. The van der Waals surface area contributed by atoms with Crippen molar-refractivity contribution in [2.24, 2.45) is 5.41 Å². The first-order valence-corrected chi connectivity index (χ1v) is 10.5. The van der Waals surface area contributed by atoms with Gasteiger partial charge in [-0.15, -0.1) is 9.05 Å². The summed E-state index contributed by atoms with van der Waals surface area (Å²) in [6.07, 6.45) is -2.05. The molecule has 0 aromatic rings. The van der Waals surface area contributed by atoms with Crippen LogP contribution in [-0.4, -0.2) is 75.1 Å². The Balaban J connectivity index is 2.47. The Labute approximate surface area is 174 Å². The fraction of sp³-hybridized carbons (Fsp3) is 0.750. The summed E-state index contributed by atoms with van der Waals surface area (Å²) in [6, 6.07) is 0. The van der Waals surface area contributed by atoms with Gasteiger partial charge in [0.05, 0.1) is 20.1 Å².